The fourth-order valence-corrected chi connectivity index (χ4v) is 2.47. The molecular weight excluding hydrogens is 278 g/mol. The number of carbonyl (C=O) groups is 1. The summed E-state index contributed by atoms with van der Waals surface area (Å²) in [4.78, 5) is 11.3. The number of thiophene rings is 1. The van der Waals surface area contributed by atoms with Crippen molar-refractivity contribution in [3.05, 3.63) is 46.0 Å². The zero-order chi connectivity index (χ0) is 14.5. The van der Waals surface area contributed by atoms with Crippen LogP contribution in [-0.2, 0) is 4.74 Å². The number of carbonyl (C=O) groups excluding carboxylic acids is 1. The number of hydrogen-bond donors (Lipinski definition) is 2. The lowest BCUT2D eigenvalue weighted by Gasteiger charge is -2.14. The van der Waals surface area contributed by atoms with E-state index in [4.69, 9.17) is 4.42 Å². The van der Waals surface area contributed by atoms with E-state index in [2.05, 4.69) is 10.1 Å². The van der Waals surface area contributed by atoms with Crippen LogP contribution in [-0.4, -0.2) is 24.7 Å². The molecule has 2 N–H and O–H groups in total. The monoisotopic (exact) mass is 295 g/mol. The summed E-state index contributed by atoms with van der Waals surface area (Å²) in [6, 6.07) is 5.08. The number of nitrogens with one attached hydrogen (secondary N) is 1. The van der Waals surface area contributed by atoms with Gasteiger partial charge >= 0.3 is 5.97 Å². The standard InChI is InChI=1S/C14H17NO4S/c1-9(12-3-4-13(19-12)14(17)18-2)15-7-11(16)10-5-6-20-8-10/h3-6,8-9,11,15-16H,7H2,1-2H3. The van der Waals surface area contributed by atoms with Crippen LogP contribution in [0.15, 0.2) is 33.4 Å². The van der Waals surface area contributed by atoms with Crippen molar-refractivity contribution in [3.8, 4) is 0 Å². The number of aliphatic hydroxyl groups excluding tert-OH is 1. The molecule has 0 bridgehead atoms. The van der Waals surface area contributed by atoms with Gasteiger partial charge in [0, 0.05) is 6.54 Å². The fraction of sp³-hybridized carbons (Fsp3) is 0.357. The number of aliphatic hydroxyl groups is 1. The topological polar surface area (TPSA) is 71.7 Å². The van der Waals surface area contributed by atoms with Crippen molar-refractivity contribution in [2.45, 2.75) is 19.1 Å². The van der Waals surface area contributed by atoms with Crippen LogP contribution in [0.25, 0.3) is 0 Å². The molecule has 5 nitrogen and oxygen atoms in total. The Labute approximate surface area is 121 Å². The molecule has 0 saturated heterocycles. The molecule has 0 aliphatic heterocycles. The van der Waals surface area contributed by atoms with Crippen molar-refractivity contribution in [2.75, 3.05) is 13.7 Å². The number of esters is 1. The quantitative estimate of drug-likeness (QED) is 0.801. The first-order chi connectivity index (χ1) is 9.61. The van der Waals surface area contributed by atoms with Gasteiger partial charge in [0.15, 0.2) is 0 Å². The second-order valence-corrected chi connectivity index (χ2v) is 5.18. The molecule has 0 amide bonds. The van der Waals surface area contributed by atoms with Crippen LogP contribution in [0.1, 0.15) is 40.9 Å². The third kappa shape index (κ3) is 3.47. The van der Waals surface area contributed by atoms with Crippen LogP contribution >= 0.6 is 11.3 Å². The van der Waals surface area contributed by atoms with Crippen molar-refractivity contribution in [1.82, 2.24) is 5.32 Å². The average Bonchev–Trinajstić information content (AvgIpc) is 3.13. The maximum absolute atomic E-state index is 11.3. The Morgan fingerprint density at radius 1 is 1.50 bits per heavy atom. The summed E-state index contributed by atoms with van der Waals surface area (Å²) >= 11 is 1.55. The van der Waals surface area contributed by atoms with Crippen molar-refractivity contribution >= 4 is 17.3 Å². The lowest BCUT2D eigenvalue weighted by atomic mass is 10.2. The molecule has 0 spiro atoms. The summed E-state index contributed by atoms with van der Waals surface area (Å²) < 4.78 is 9.99. The van der Waals surface area contributed by atoms with E-state index in [1.54, 1.807) is 23.5 Å². The molecule has 2 heterocycles. The minimum Gasteiger partial charge on any atom is -0.463 e. The number of furan rings is 1. The molecule has 2 atom stereocenters. The van der Waals surface area contributed by atoms with Gasteiger partial charge in [0.1, 0.15) is 5.76 Å². The fourth-order valence-electron chi connectivity index (χ4n) is 1.77. The van der Waals surface area contributed by atoms with Crippen LogP contribution in [0, 0.1) is 0 Å². The van der Waals surface area contributed by atoms with Gasteiger partial charge in [-0.2, -0.15) is 11.3 Å². The number of hydrogen-bond acceptors (Lipinski definition) is 6. The zero-order valence-corrected chi connectivity index (χ0v) is 12.1. The minimum atomic E-state index is -0.557. The first-order valence-electron chi connectivity index (χ1n) is 6.23. The van der Waals surface area contributed by atoms with Gasteiger partial charge in [0.05, 0.1) is 19.3 Å². The van der Waals surface area contributed by atoms with E-state index in [-0.39, 0.29) is 11.8 Å². The highest BCUT2D eigenvalue weighted by molar-refractivity contribution is 7.07. The van der Waals surface area contributed by atoms with E-state index in [1.165, 1.54) is 7.11 Å². The highest BCUT2D eigenvalue weighted by Gasteiger charge is 2.16. The van der Waals surface area contributed by atoms with Gasteiger partial charge in [-0.25, -0.2) is 4.79 Å². The maximum atomic E-state index is 11.3. The summed E-state index contributed by atoms with van der Waals surface area (Å²) in [7, 11) is 1.31. The summed E-state index contributed by atoms with van der Waals surface area (Å²) in [6.07, 6.45) is -0.557. The SMILES string of the molecule is COC(=O)c1ccc(C(C)NCC(O)c2ccsc2)o1. The summed E-state index contributed by atoms with van der Waals surface area (Å²) in [6.45, 7) is 2.31. The molecule has 2 aromatic heterocycles. The normalized spacial score (nSPS) is 13.9. The zero-order valence-electron chi connectivity index (χ0n) is 11.3. The molecule has 0 aliphatic carbocycles. The van der Waals surface area contributed by atoms with Crippen LogP contribution in [0.3, 0.4) is 0 Å². The lowest BCUT2D eigenvalue weighted by Crippen LogP contribution is -2.24. The molecule has 0 saturated carbocycles. The second kappa shape index (κ2) is 6.69. The summed E-state index contributed by atoms with van der Waals surface area (Å²) in [5.74, 6) is 0.305. The van der Waals surface area contributed by atoms with Crippen LogP contribution < -0.4 is 5.32 Å². The first kappa shape index (κ1) is 14.8. The predicted molar refractivity (Wildman–Crippen MR) is 75.7 cm³/mol. The molecule has 0 aromatic carbocycles. The first-order valence-corrected chi connectivity index (χ1v) is 7.17. The molecule has 108 valence electrons. The van der Waals surface area contributed by atoms with E-state index in [1.807, 2.05) is 23.8 Å². The predicted octanol–water partition coefficient (Wildman–Crippen LogP) is 2.51. The molecule has 0 radical (unpaired) electrons. The Hall–Kier alpha value is -1.63. The Morgan fingerprint density at radius 3 is 2.95 bits per heavy atom. The largest absolute Gasteiger partial charge is 0.463 e. The summed E-state index contributed by atoms with van der Waals surface area (Å²) in [5.41, 5.74) is 0.893. The molecular formula is C14H17NO4S. The van der Waals surface area contributed by atoms with Crippen molar-refractivity contribution in [1.29, 1.82) is 0 Å². The van der Waals surface area contributed by atoms with Gasteiger partial charge in [-0.1, -0.05) is 0 Å². The van der Waals surface area contributed by atoms with Crippen LogP contribution in [0.5, 0.6) is 0 Å². The third-order valence-electron chi connectivity index (χ3n) is 2.99. The van der Waals surface area contributed by atoms with E-state index in [9.17, 15) is 9.90 Å². The average molecular weight is 295 g/mol. The molecule has 20 heavy (non-hydrogen) atoms. The lowest BCUT2D eigenvalue weighted by molar-refractivity contribution is 0.0561. The Bertz CT molecular complexity index is 549. The van der Waals surface area contributed by atoms with Gasteiger partial charge in [-0.15, -0.1) is 0 Å². The van der Waals surface area contributed by atoms with E-state index in [0.717, 1.165) is 5.56 Å². The number of ether oxygens (including phenoxy) is 1. The van der Waals surface area contributed by atoms with E-state index < -0.39 is 12.1 Å². The van der Waals surface area contributed by atoms with E-state index >= 15 is 0 Å². The van der Waals surface area contributed by atoms with Crippen LogP contribution in [0.2, 0.25) is 0 Å². The highest BCUT2D eigenvalue weighted by Crippen LogP contribution is 2.19. The Kier molecular flexibility index (Phi) is 4.94. The smallest absolute Gasteiger partial charge is 0.373 e. The third-order valence-corrected chi connectivity index (χ3v) is 3.69. The van der Waals surface area contributed by atoms with Gasteiger partial charge in [0.2, 0.25) is 5.76 Å². The number of methoxy groups -OCH3 is 1. The Balaban J connectivity index is 1.90. The Morgan fingerprint density at radius 2 is 2.30 bits per heavy atom. The van der Waals surface area contributed by atoms with Crippen molar-refractivity contribution in [3.63, 3.8) is 0 Å². The molecule has 2 unspecified atom stereocenters. The molecule has 2 aromatic rings. The van der Waals surface area contributed by atoms with Gasteiger partial charge in [-0.3, -0.25) is 0 Å². The molecule has 6 heteroatoms. The van der Waals surface area contributed by atoms with E-state index in [0.29, 0.717) is 12.3 Å². The molecule has 0 fully saturated rings. The van der Waals surface area contributed by atoms with Gasteiger partial charge < -0.3 is 19.6 Å². The molecule has 2 rings (SSSR count). The maximum Gasteiger partial charge on any atom is 0.373 e. The second-order valence-electron chi connectivity index (χ2n) is 4.40. The van der Waals surface area contributed by atoms with Crippen LogP contribution in [0.4, 0.5) is 0 Å². The van der Waals surface area contributed by atoms with Crippen molar-refractivity contribution < 1.29 is 19.1 Å². The van der Waals surface area contributed by atoms with Crippen molar-refractivity contribution in [2.24, 2.45) is 0 Å². The van der Waals surface area contributed by atoms with Gasteiger partial charge in [0.25, 0.3) is 0 Å². The number of rotatable bonds is 6. The molecule has 0 aliphatic rings. The van der Waals surface area contributed by atoms with Gasteiger partial charge in [-0.05, 0) is 41.4 Å². The minimum absolute atomic E-state index is 0.110. The summed E-state index contributed by atoms with van der Waals surface area (Å²) in [5, 5.41) is 17.0. The highest BCUT2D eigenvalue weighted by atomic mass is 32.1.